The van der Waals surface area contributed by atoms with Crippen molar-refractivity contribution in [3.8, 4) is 0 Å². The quantitative estimate of drug-likeness (QED) is 0.378. The highest BCUT2D eigenvalue weighted by Crippen LogP contribution is 2.22. The number of benzene rings is 2. The number of halogens is 2. The van der Waals surface area contributed by atoms with Gasteiger partial charge in [-0.15, -0.1) is 0 Å². The molecule has 0 aromatic heterocycles. The second-order valence-electron chi connectivity index (χ2n) is 5.43. The predicted octanol–water partition coefficient (Wildman–Crippen LogP) is 2.54. The van der Waals surface area contributed by atoms with Crippen LogP contribution in [0.4, 0.5) is 5.69 Å². The summed E-state index contributed by atoms with van der Waals surface area (Å²) in [6.07, 6.45) is 0.0640. The molecular weight excluding hydrogens is 417 g/mol. The lowest BCUT2D eigenvalue weighted by atomic mass is 10.1. The van der Waals surface area contributed by atoms with Crippen molar-refractivity contribution < 1.29 is 18.1 Å². The van der Waals surface area contributed by atoms with Crippen molar-refractivity contribution in [3.63, 3.8) is 0 Å². The van der Waals surface area contributed by atoms with Crippen LogP contribution in [0.3, 0.4) is 0 Å². The Kier molecular flexibility index (Phi) is 7.14. The SMILES string of the molecule is O=C(Cc1ccc(Cl)c(Cl)c1)NCCNS(=O)(=O)c1cccc([N+](=O)[O-])c1. The van der Waals surface area contributed by atoms with E-state index in [9.17, 15) is 23.3 Å². The fraction of sp³-hybridized carbons (Fsp3) is 0.188. The number of nitrogens with zero attached hydrogens (tertiary/aromatic N) is 1. The number of rotatable bonds is 8. The van der Waals surface area contributed by atoms with Crippen molar-refractivity contribution in [2.75, 3.05) is 13.1 Å². The van der Waals surface area contributed by atoms with Gasteiger partial charge < -0.3 is 5.32 Å². The summed E-state index contributed by atoms with van der Waals surface area (Å²) in [7, 11) is -3.92. The molecule has 0 fully saturated rings. The highest BCUT2D eigenvalue weighted by molar-refractivity contribution is 7.89. The molecular formula is C16H15Cl2N3O5S. The molecule has 144 valence electrons. The average molecular weight is 432 g/mol. The molecule has 0 atom stereocenters. The Bertz CT molecular complexity index is 966. The summed E-state index contributed by atoms with van der Waals surface area (Å²) in [4.78, 5) is 21.7. The van der Waals surface area contributed by atoms with Crippen LogP contribution in [-0.2, 0) is 21.2 Å². The third-order valence-electron chi connectivity index (χ3n) is 3.43. The van der Waals surface area contributed by atoms with E-state index < -0.39 is 14.9 Å². The van der Waals surface area contributed by atoms with Crippen LogP contribution in [-0.4, -0.2) is 32.3 Å². The summed E-state index contributed by atoms with van der Waals surface area (Å²) in [6.45, 7) is -0.0214. The fourth-order valence-electron chi connectivity index (χ4n) is 2.13. The molecule has 11 heteroatoms. The smallest absolute Gasteiger partial charge is 0.270 e. The van der Waals surface area contributed by atoms with E-state index in [0.717, 1.165) is 6.07 Å². The first-order valence-electron chi connectivity index (χ1n) is 7.64. The second kappa shape index (κ2) is 9.14. The van der Waals surface area contributed by atoms with E-state index in [2.05, 4.69) is 10.0 Å². The molecule has 0 unspecified atom stereocenters. The van der Waals surface area contributed by atoms with E-state index in [-0.39, 0.29) is 36.0 Å². The summed E-state index contributed by atoms with van der Waals surface area (Å²) in [5, 5.41) is 14.0. The Hall–Kier alpha value is -2.20. The van der Waals surface area contributed by atoms with Crippen LogP contribution >= 0.6 is 23.2 Å². The van der Waals surface area contributed by atoms with E-state index in [4.69, 9.17) is 23.2 Å². The van der Waals surface area contributed by atoms with Gasteiger partial charge in [-0.05, 0) is 23.8 Å². The molecule has 0 radical (unpaired) electrons. The van der Waals surface area contributed by atoms with Gasteiger partial charge in [-0.2, -0.15) is 0 Å². The molecule has 0 spiro atoms. The zero-order valence-corrected chi connectivity index (χ0v) is 16.1. The molecule has 0 aliphatic rings. The largest absolute Gasteiger partial charge is 0.355 e. The van der Waals surface area contributed by atoms with Crippen molar-refractivity contribution in [1.29, 1.82) is 0 Å². The summed E-state index contributed by atoms with van der Waals surface area (Å²) < 4.78 is 26.6. The third-order valence-corrected chi connectivity index (χ3v) is 5.62. The summed E-state index contributed by atoms with van der Waals surface area (Å²) in [6, 6.07) is 9.52. The molecule has 27 heavy (non-hydrogen) atoms. The predicted molar refractivity (Wildman–Crippen MR) is 101 cm³/mol. The monoisotopic (exact) mass is 431 g/mol. The van der Waals surface area contributed by atoms with E-state index in [0.29, 0.717) is 15.6 Å². The van der Waals surface area contributed by atoms with Gasteiger partial charge in [0.15, 0.2) is 0 Å². The van der Waals surface area contributed by atoms with Crippen LogP contribution in [0.5, 0.6) is 0 Å². The van der Waals surface area contributed by atoms with Gasteiger partial charge in [0.1, 0.15) is 0 Å². The number of non-ortho nitro benzene ring substituents is 1. The number of amides is 1. The van der Waals surface area contributed by atoms with Crippen molar-refractivity contribution in [3.05, 3.63) is 68.2 Å². The summed E-state index contributed by atoms with van der Waals surface area (Å²) in [5.74, 6) is -0.317. The number of hydrogen-bond donors (Lipinski definition) is 2. The maximum absolute atomic E-state index is 12.1. The van der Waals surface area contributed by atoms with E-state index >= 15 is 0 Å². The molecule has 2 rings (SSSR count). The van der Waals surface area contributed by atoms with Crippen LogP contribution in [0.2, 0.25) is 10.0 Å². The molecule has 0 heterocycles. The highest BCUT2D eigenvalue weighted by Gasteiger charge is 2.17. The zero-order chi connectivity index (χ0) is 20.0. The first-order chi connectivity index (χ1) is 12.7. The molecule has 0 aliphatic heterocycles. The topological polar surface area (TPSA) is 118 Å². The van der Waals surface area contributed by atoms with Crippen molar-refractivity contribution in [1.82, 2.24) is 10.0 Å². The first kappa shape index (κ1) is 21.1. The van der Waals surface area contributed by atoms with Gasteiger partial charge in [-0.1, -0.05) is 35.3 Å². The van der Waals surface area contributed by atoms with E-state index in [1.54, 1.807) is 18.2 Å². The minimum Gasteiger partial charge on any atom is -0.355 e. The maximum Gasteiger partial charge on any atom is 0.270 e. The first-order valence-corrected chi connectivity index (χ1v) is 9.88. The number of carbonyl (C=O) groups excluding carboxylic acids is 1. The standard InChI is InChI=1S/C16H15Cl2N3O5S/c17-14-5-4-11(8-15(14)18)9-16(22)19-6-7-20-27(25,26)13-3-1-2-12(10-13)21(23)24/h1-5,8,10,20H,6-7,9H2,(H,19,22). The van der Waals surface area contributed by atoms with E-state index in [1.165, 1.54) is 18.2 Å². The van der Waals surface area contributed by atoms with Gasteiger partial charge in [-0.25, -0.2) is 13.1 Å². The lowest BCUT2D eigenvalue weighted by Gasteiger charge is -2.08. The van der Waals surface area contributed by atoms with Crippen molar-refractivity contribution >= 4 is 44.8 Å². The lowest BCUT2D eigenvalue weighted by Crippen LogP contribution is -2.35. The molecule has 2 aromatic rings. The van der Waals surface area contributed by atoms with Crippen LogP contribution < -0.4 is 10.0 Å². The van der Waals surface area contributed by atoms with Gasteiger partial charge in [0.25, 0.3) is 5.69 Å². The van der Waals surface area contributed by atoms with Gasteiger partial charge in [0.2, 0.25) is 15.9 Å². The molecule has 0 saturated carbocycles. The van der Waals surface area contributed by atoms with Crippen molar-refractivity contribution in [2.24, 2.45) is 0 Å². The number of carbonyl (C=O) groups is 1. The minimum atomic E-state index is -3.92. The molecule has 0 bridgehead atoms. The summed E-state index contributed by atoms with van der Waals surface area (Å²) >= 11 is 11.7. The number of nitro benzene ring substituents is 1. The van der Waals surface area contributed by atoms with Crippen LogP contribution in [0, 0.1) is 10.1 Å². The Morgan fingerprint density at radius 1 is 1.07 bits per heavy atom. The van der Waals surface area contributed by atoms with Gasteiger partial charge in [0, 0.05) is 25.2 Å². The number of nitrogens with one attached hydrogen (secondary N) is 2. The molecule has 8 nitrogen and oxygen atoms in total. The number of hydrogen-bond acceptors (Lipinski definition) is 5. The molecule has 0 aliphatic carbocycles. The van der Waals surface area contributed by atoms with Gasteiger partial charge in [0.05, 0.1) is 26.3 Å². The Morgan fingerprint density at radius 2 is 1.81 bits per heavy atom. The van der Waals surface area contributed by atoms with Crippen molar-refractivity contribution in [2.45, 2.75) is 11.3 Å². The maximum atomic E-state index is 12.1. The Balaban J connectivity index is 1.84. The Labute approximate surface area is 165 Å². The second-order valence-corrected chi connectivity index (χ2v) is 8.01. The van der Waals surface area contributed by atoms with Crippen LogP contribution in [0.25, 0.3) is 0 Å². The van der Waals surface area contributed by atoms with Crippen LogP contribution in [0.15, 0.2) is 47.4 Å². The van der Waals surface area contributed by atoms with Gasteiger partial charge in [-0.3, -0.25) is 14.9 Å². The molecule has 0 saturated heterocycles. The zero-order valence-electron chi connectivity index (χ0n) is 13.8. The lowest BCUT2D eigenvalue weighted by molar-refractivity contribution is -0.385. The minimum absolute atomic E-state index is 0.0499. The summed E-state index contributed by atoms with van der Waals surface area (Å²) in [5.41, 5.74) is 0.340. The molecule has 2 N–H and O–H groups in total. The Morgan fingerprint density at radius 3 is 2.48 bits per heavy atom. The average Bonchev–Trinajstić information content (AvgIpc) is 2.62. The third kappa shape index (κ3) is 6.17. The van der Waals surface area contributed by atoms with Crippen LogP contribution in [0.1, 0.15) is 5.56 Å². The normalized spacial score (nSPS) is 11.2. The molecule has 1 amide bonds. The molecule has 2 aromatic carbocycles. The highest BCUT2D eigenvalue weighted by atomic mass is 35.5. The number of sulfonamides is 1. The fourth-order valence-corrected chi connectivity index (χ4v) is 3.52. The van der Waals surface area contributed by atoms with Gasteiger partial charge >= 0.3 is 0 Å². The van der Waals surface area contributed by atoms with E-state index in [1.807, 2.05) is 0 Å². The number of nitro groups is 1.